The second kappa shape index (κ2) is 12.8. The molecule has 9 heteroatoms. The maximum absolute atomic E-state index is 12.9. The molecule has 0 aliphatic heterocycles. The Labute approximate surface area is 192 Å². The van der Waals surface area contributed by atoms with Gasteiger partial charge in [0.05, 0.1) is 12.8 Å². The smallest absolute Gasteiger partial charge is 0.326 e. The van der Waals surface area contributed by atoms with E-state index in [1.807, 2.05) is 19.9 Å². The lowest BCUT2D eigenvalue weighted by Crippen LogP contribution is -2.54. The van der Waals surface area contributed by atoms with Crippen LogP contribution in [0.2, 0.25) is 0 Å². The van der Waals surface area contributed by atoms with Gasteiger partial charge in [0.2, 0.25) is 17.7 Å². The molecule has 0 unspecified atom stereocenters. The van der Waals surface area contributed by atoms with Crippen molar-refractivity contribution in [2.75, 3.05) is 6.54 Å². The van der Waals surface area contributed by atoms with Crippen molar-refractivity contribution in [2.24, 2.45) is 5.92 Å². The summed E-state index contributed by atoms with van der Waals surface area (Å²) >= 11 is 0. The molecule has 1 aromatic heterocycles. The molecule has 0 spiro atoms. The Morgan fingerprint density at radius 2 is 1.73 bits per heavy atom. The predicted octanol–water partition coefficient (Wildman–Crippen LogP) is 1.75. The van der Waals surface area contributed by atoms with Gasteiger partial charge in [-0.1, -0.05) is 44.2 Å². The summed E-state index contributed by atoms with van der Waals surface area (Å²) in [5.74, 6) is -2.29. The lowest BCUT2D eigenvalue weighted by Gasteiger charge is -2.22. The molecule has 33 heavy (non-hydrogen) atoms. The Hall–Kier alpha value is -3.88. The molecule has 2 aromatic rings. The largest absolute Gasteiger partial charge is 0.480 e. The van der Waals surface area contributed by atoms with Gasteiger partial charge in [0, 0.05) is 12.5 Å². The molecule has 3 amide bonds. The Morgan fingerprint density at radius 3 is 2.33 bits per heavy atom. The van der Waals surface area contributed by atoms with Crippen LogP contribution >= 0.6 is 0 Å². The second-order valence-electron chi connectivity index (χ2n) is 7.91. The quantitative estimate of drug-likeness (QED) is 0.360. The fraction of sp³-hybridized carbons (Fsp3) is 0.333. The molecule has 2 atom stereocenters. The number of aliphatic carboxylic acids is 1. The number of carboxylic acid groups (broad SMARTS) is 1. The summed E-state index contributed by atoms with van der Waals surface area (Å²) in [5, 5.41) is 17.0. The van der Waals surface area contributed by atoms with E-state index in [2.05, 4.69) is 16.0 Å². The van der Waals surface area contributed by atoms with Gasteiger partial charge >= 0.3 is 5.97 Å². The van der Waals surface area contributed by atoms with Crippen molar-refractivity contribution in [3.05, 3.63) is 66.1 Å². The number of carbonyl (C=O) groups excluding carboxylic acids is 3. The highest BCUT2D eigenvalue weighted by atomic mass is 16.4. The summed E-state index contributed by atoms with van der Waals surface area (Å²) in [4.78, 5) is 48.7. The molecule has 2 rings (SSSR count). The first-order valence-electron chi connectivity index (χ1n) is 10.6. The van der Waals surface area contributed by atoms with Crippen molar-refractivity contribution < 1.29 is 28.7 Å². The van der Waals surface area contributed by atoms with Crippen LogP contribution in [0.25, 0.3) is 6.08 Å². The van der Waals surface area contributed by atoms with Crippen LogP contribution in [0.3, 0.4) is 0 Å². The zero-order valence-electron chi connectivity index (χ0n) is 18.6. The van der Waals surface area contributed by atoms with Crippen molar-refractivity contribution in [3.8, 4) is 0 Å². The van der Waals surface area contributed by atoms with E-state index in [0.717, 1.165) is 5.56 Å². The lowest BCUT2D eigenvalue weighted by molar-refractivity contribution is -0.142. The summed E-state index contributed by atoms with van der Waals surface area (Å²) in [6.07, 6.45) is 4.58. The maximum atomic E-state index is 12.9. The lowest BCUT2D eigenvalue weighted by atomic mass is 10.0. The van der Waals surface area contributed by atoms with Crippen LogP contribution in [0, 0.1) is 5.92 Å². The molecular formula is C24H29N3O6. The third-order valence-electron chi connectivity index (χ3n) is 4.62. The van der Waals surface area contributed by atoms with Gasteiger partial charge in [0.15, 0.2) is 0 Å². The first kappa shape index (κ1) is 25.4. The SMILES string of the molecule is CC(C)C[C@H](NC(=O)[C@H](Cc1ccccc1)NC(=O)CNC(=O)/C=C/c1ccco1)C(=O)O. The Morgan fingerprint density at radius 1 is 1.00 bits per heavy atom. The van der Waals surface area contributed by atoms with Gasteiger partial charge in [-0.05, 0) is 36.1 Å². The third kappa shape index (κ3) is 9.42. The van der Waals surface area contributed by atoms with Crippen molar-refractivity contribution in [2.45, 2.75) is 38.8 Å². The van der Waals surface area contributed by atoms with E-state index >= 15 is 0 Å². The Bertz CT molecular complexity index is 954. The Kier molecular flexibility index (Phi) is 9.88. The van der Waals surface area contributed by atoms with Crippen molar-refractivity contribution in [1.82, 2.24) is 16.0 Å². The van der Waals surface area contributed by atoms with E-state index in [9.17, 15) is 24.3 Å². The van der Waals surface area contributed by atoms with E-state index < -0.39 is 35.8 Å². The van der Waals surface area contributed by atoms with E-state index in [0.29, 0.717) is 5.76 Å². The molecular weight excluding hydrogens is 426 g/mol. The van der Waals surface area contributed by atoms with Gasteiger partial charge in [0.1, 0.15) is 17.8 Å². The van der Waals surface area contributed by atoms with Crippen LogP contribution < -0.4 is 16.0 Å². The van der Waals surface area contributed by atoms with E-state index in [4.69, 9.17) is 4.42 Å². The molecule has 9 nitrogen and oxygen atoms in total. The molecule has 0 saturated carbocycles. The maximum Gasteiger partial charge on any atom is 0.326 e. The van der Waals surface area contributed by atoms with Crippen LogP contribution in [-0.2, 0) is 25.6 Å². The number of amides is 3. The van der Waals surface area contributed by atoms with Crippen molar-refractivity contribution >= 4 is 29.8 Å². The summed E-state index contributed by atoms with van der Waals surface area (Å²) in [5.41, 5.74) is 0.791. The van der Waals surface area contributed by atoms with Gasteiger partial charge in [-0.25, -0.2) is 4.79 Å². The highest BCUT2D eigenvalue weighted by Crippen LogP contribution is 2.08. The summed E-state index contributed by atoms with van der Waals surface area (Å²) in [6.45, 7) is 3.36. The molecule has 4 N–H and O–H groups in total. The van der Waals surface area contributed by atoms with E-state index in [1.165, 1.54) is 18.4 Å². The summed E-state index contributed by atoms with van der Waals surface area (Å²) < 4.78 is 5.09. The predicted molar refractivity (Wildman–Crippen MR) is 122 cm³/mol. The molecule has 0 radical (unpaired) electrons. The van der Waals surface area contributed by atoms with E-state index in [1.54, 1.807) is 36.4 Å². The molecule has 0 saturated heterocycles. The van der Waals surface area contributed by atoms with Crippen LogP contribution in [-0.4, -0.2) is 47.4 Å². The summed E-state index contributed by atoms with van der Waals surface area (Å²) in [7, 11) is 0. The zero-order chi connectivity index (χ0) is 24.2. The molecule has 0 aliphatic carbocycles. The number of carboxylic acids is 1. The number of benzene rings is 1. The van der Waals surface area contributed by atoms with Crippen molar-refractivity contribution in [1.29, 1.82) is 0 Å². The number of hydrogen-bond acceptors (Lipinski definition) is 5. The van der Waals surface area contributed by atoms with Gasteiger partial charge < -0.3 is 25.5 Å². The first-order valence-corrected chi connectivity index (χ1v) is 10.6. The van der Waals surface area contributed by atoms with Gasteiger partial charge in [0.25, 0.3) is 0 Å². The number of carbonyl (C=O) groups is 4. The highest BCUT2D eigenvalue weighted by Gasteiger charge is 2.27. The normalized spacial score (nSPS) is 12.8. The van der Waals surface area contributed by atoms with Crippen molar-refractivity contribution in [3.63, 3.8) is 0 Å². The topological polar surface area (TPSA) is 138 Å². The molecule has 0 fully saturated rings. The van der Waals surface area contributed by atoms with E-state index in [-0.39, 0.29) is 25.3 Å². The molecule has 0 bridgehead atoms. The Balaban J connectivity index is 2.00. The first-order chi connectivity index (χ1) is 15.7. The highest BCUT2D eigenvalue weighted by molar-refractivity contribution is 5.95. The van der Waals surface area contributed by atoms with Gasteiger partial charge in [-0.15, -0.1) is 0 Å². The monoisotopic (exact) mass is 455 g/mol. The minimum absolute atomic E-state index is 0.0537. The number of nitrogens with one attached hydrogen (secondary N) is 3. The molecule has 1 aromatic carbocycles. The molecule has 1 heterocycles. The van der Waals surface area contributed by atoms with Crippen LogP contribution in [0.5, 0.6) is 0 Å². The van der Waals surface area contributed by atoms with Gasteiger partial charge in [-0.3, -0.25) is 14.4 Å². The minimum atomic E-state index is -1.14. The van der Waals surface area contributed by atoms with Crippen LogP contribution in [0.4, 0.5) is 0 Å². The standard InChI is InChI=1S/C24H29N3O6/c1-16(2)13-20(24(31)32)27-23(30)19(14-17-7-4-3-5-8-17)26-22(29)15-25-21(28)11-10-18-9-6-12-33-18/h3-12,16,19-20H,13-15H2,1-2H3,(H,25,28)(H,26,29)(H,27,30)(H,31,32)/b11-10+/t19-,20-/m0/s1. The van der Waals surface area contributed by atoms with Gasteiger partial charge in [-0.2, -0.15) is 0 Å². The number of rotatable bonds is 12. The second-order valence-corrected chi connectivity index (χ2v) is 7.91. The molecule has 176 valence electrons. The third-order valence-corrected chi connectivity index (χ3v) is 4.62. The average Bonchev–Trinajstić information content (AvgIpc) is 3.29. The number of hydrogen-bond donors (Lipinski definition) is 4. The fourth-order valence-electron chi connectivity index (χ4n) is 3.04. The zero-order valence-corrected chi connectivity index (χ0v) is 18.6. The van der Waals surface area contributed by atoms with Crippen LogP contribution in [0.15, 0.2) is 59.2 Å². The minimum Gasteiger partial charge on any atom is -0.480 e. The average molecular weight is 456 g/mol. The van der Waals surface area contributed by atoms with Crippen LogP contribution in [0.1, 0.15) is 31.6 Å². The molecule has 0 aliphatic rings. The number of furan rings is 1. The summed E-state index contributed by atoms with van der Waals surface area (Å²) in [6, 6.07) is 10.3. The fourth-order valence-corrected chi connectivity index (χ4v) is 3.04.